The first-order valence-electron chi connectivity index (χ1n) is 6.57. The molecule has 5 heteroatoms. The first-order chi connectivity index (χ1) is 9.13. The van der Waals surface area contributed by atoms with Crippen molar-refractivity contribution < 1.29 is 9.18 Å². The molecule has 0 radical (unpaired) electrons. The summed E-state index contributed by atoms with van der Waals surface area (Å²) in [5.74, 6) is -0.487. The average molecular weight is 265 g/mol. The molecule has 1 saturated heterocycles. The summed E-state index contributed by atoms with van der Waals surface area (Å²) in [4.78, 5) is 16.5. The summed E-state index contributed by atoms with van der Waals surface area (Å²) in [6.45, 7) is 3.26. The van der Waals surface area contributed by atoms with E-state index in [0.717, 1.165) is 26.1 Å². The van der Waals surface area contributed by atoms with Gasteiger partial charge in [0.15, 0.2) is 0 Å². The molecule has 0 bridgehead atoms. The minimum atomic E-state index is -0.389. The molecule has 4 nitrogen and oxygen atoms in total. The Morgan fingerprint density at radius 3 is 2.79 bits per heavy atom. The number of carbonyl (C=O) groups excluding carboxylic acids is 1. The third kappa shape index (κ3) is 3.04. The number of anilines is 1. The molecule has 1 heterocycles. The van der Waals surface area contributed by atoms with Crippen LogP contribution in [0.3, 0.4) is 0 Å². The number of amides is 1. The fourth-order valence-electron chi connectivity index (χ4n) is 2.38. The molecule has 1 aliphatic rings. The van der Waals surface area contributed by atoms with E-state index >= 15 is 0 Å². The van der Waals surface area contributed by atoms with Crippen LogP contribution in [0.5, 0.6) is 0 Å². The average Bonchev–Trinajstić information content (AvgIpc) is 2.62. The van der Waals surface area contributed by atoms with E-state index in [2.05, 4.69) is 17.3 Å². The summed E-state index contributed by atoms with van der Waals surface area (Å²) < 4.78 is 13.7. The van der Waals surface area contributed by atoms with Crippen LogP contribution in [0.15, 0.2) is 18.2 Å². The molecule has 0 aliphatic carbocycles. The number of likely N-dealkylation sites (N-methyl/N-ethyl adjacent to an activating group) is 1. The number of nitrogens with zero attached hydrogens (tertiary/aromatic N) is 2. The highest BCUT2D eigenvalue weighted by molar-refractivity contribution is 5.99. The Morgan fingerprint density at radius 1 is 1.26 bits per heavy atom. The predicted molar refractivity (Wildman–Crippen MR) is 74.0 cm³/mol. The van der Waals surface area contributed by atoms with Crippen molar-refractivity contribution in [2.24, 2.45) is 0 Å². The lowest BCUT2D eigenvalue weighted by Crippen LogP contribution is -2.35. The van der Waals surface area contributed by atoms with Crippen molar-refractivity contribution in [2.75, 3.05) is 45.6 Å². The maximum absolute atomic E-state index is 13.7. The Labute approximate surface area is 113 Å². The summed E-state index contributed by atoms with van der Waals surface area (Å²) in [7, 11) is 3.68. The first kappa shape index (κ1) is 13.8. The molecule has 104 valence electrons. The number of carbonyl (C=O) groups is 1. The number of rotatable bonds is 2. The second-order valence-corrected chi connectivity index (χ2v) is 4.86. The van der Waals surface area contributed by atoms with Crippen molar-refractivity contribution in [3.05, 3.63) is 29.6 Å². The van der Waals surface area contributed by atoms with Gasteiger partial charge in [-0.1, -0.05) is 6.07 Å². The van der Waals surface area contributed by atoms with E-state index in [1.165, 1.54) is 6.07 Å². The molecule has 1 amide bonds. The molecule has 0 unspecified atom stereocenters. The molecule has 0 atom stereocenters. The molecule has 19 heavy (non-hydrogen) atoms. The zero-order chi connectivity index (χ0) is 13.8. The van der Waals surface area contributed by atoms with Gasteiger partial charge in [-0.2, -0.15) is 0 Å². The van der Waals surface area contributed by atoms with Crippen LogP contribution in [-0.2, 0) is 0 Å². The minimum absolute atomic E-state index is 0.0980. The van der Waals surface area contributed by atoms with Gasteiger partial charge < -0.3 is 15.1 Å². The van der Waals surface area contributed by atoms with Crippen LogP contribution in [0.4, 0.5) is 10.1 Å². The van der Waals surface area contributed by atoms with Gasteiger partial charge in [-0.3, -0.25) is 4.79 Å². The van der Waals surface area contributed by atoms with Gasteiger partial charge in [0.05, 0.1) is 11.3 Å². The number of hydrogen-bond donors (Lipinski definition) is 1. The van der Waals surface area contributed by atoms with Gasteiger partial charge in [-0.15, -0.1) is 0 Å². The highest BCUT2D eigenvalue weighted by Gasteiger charge is 2.22. The van der Waals surface area contributed by atoms with Crippen LogP contribution >= 0.6 is 0 Å². The van der Waals surface area contributed by atoms with E-state index in [0.29, 0.717) is 12.1 Å². The molecule has 2 rings (SSSR count). The number of benzene rings is 1. The van der Waals surface area contributed by atoms with Gasteiger partial charge in [-0.25, -0.2) is 4.39 Å². The zero-order valence-corrected chi connectivity index (χ0v) is 11.4. The van der Waals surface area contributed by atoms with Crippen molar-refractivity contribution >= 4 is 11.6 Å². The lowest BCUT2D eigenvalue weighted by Gasteiger charge is -2.22. The Hall–Kier alpha value is -1.62. The van der Waals surface area contributed by atoms with E-state index < -0.39 is 0 Å². The molecule has 0 spiro atoms. The van der Waals surface area contributed by atoms with Crippen molar-refractivity contribution in [3.8, 4) is 0 Å². The number of nitrogens with one attached hydrogen (secondary N) is 1. The second-order valence-electron chi connectivity index (χ2n) is 4.86. The molecule has 1 fully saturated rings. The monoisotopic (exact) mass is 265 g/mol. The highest BCUT2D eigenvalue weighted by atomic mass is 19.1. The Morgan fingerprint density at radius 2 is 2.05 bits per heavy atom. The Balaban J connectivity index is 2.21. The van der Waals surface area contributed by atoms with E-state index in [9.17, 15) is 9.18 Å². The summed E-state index contributed by atoms with van der Waals surface area (Å²) in [5, 5.41) is 2.78. The van der Waals surface area contributed by atoms with Crippen LogP contribution in [0.2, 0.25) is 0 Å². The van der Waals surface area contributed by atoms with Crippen molar-refractivity contribution in [1.82, 2.24) is 9.80 Å². The maximum atomic E-state index is 13.7. The molecule has 1 N–H and O–H groups in total. The summed E-state index contributed by atoms with van der Waals surface area (Å²) in [6, 6.07) is 4.61. The topological polar surface area (TPSA) is 35.6 Å². The highest BCUT2D eigenvalue weighted by Crippen LogP contribution is 2.21. The van der Waals surface area contributed by atoms with E-state index in [1.54, 1.807) is 24.1 Å². The largest absolute Gasteiger partial charge is 0.385 e. The van der Waals surface area contributed by atoms with Gasteiger partial charge >= 0.3 is 0 Å². The van der Waals surface area contributed by atoms with Crippen LogP contribution in [0.1, 0.15) is 16.8 Å². The third-order valence-corrected chi connectivity index (χ3v) is 3.50. The van der Waals surface area contributed by atoms with Crippen LogP contribution in [0.25, 0.3) is 0 Å². The quantitative estimate of drug-likeness (QED) is 0.883. The molecule has 0 aromatic heterocycles. The summed E-state index contributed by atoms with van der Waals surface area (Å²) in [5.41, 5.74) is 0.692. The molecular weight excluding hydrogens is 245 g/mol. The van der Waals surface area contributed by atoms with Gasteiger partial charge in [0.25, 0.3) is 5.91 Å². The van der Waals surface area contributed by atoms with E-state index in [1.807, 2.05) is 0 Å². The SMILES string of the molecule is CNc1c(F)cccc1C(=O)N1CCCN(C)CC1. The summed E-state index contributed by atoms with van der Waals surface area (Å²) >= 11 is 0. The lowest BCUT2D eigenvalue weighted by molar-refractivity contribution is 0.0763. The normalized spacial score (nSPS) is 17.1. The lowest BCUT2D eigenvalue weighted by atomic mass is 10.1. The fourth-order valence-corrected chi connectivity index (χ4v) is 2.38. The number of halogens is 1. The Kier molecular flexibility index (Phi) is 4.37. The smallest absolute Gasteiger partial charge is 0.256 e. The zero-order valence-electron chi connectivity index (χ0n) is 11.4. The second kappa shape index (κ2) is 6.02. The van der Waals surface area contributed by atoms with Crippen LogP contribution in [-0.4, -0.2) is 56.0 Å². The first-order valence-corrected chi connectivity index (χ1v) is 6.57. The molecule has 1 aliphatic heterocycles. The van der Waals surface area contributed by atoms with E-state index in [4.69, 9.17) is 0 Å². The van der Waals surface area contributed by atoms with Crippen LogP contribution in [0, 0.1) is 5.82 Å². The van der Waals surface area contributed by atoms with Crippen molar-refractivity contribution in [2.45, 2.75) is 6.42 Å². The van der Waals surface area contributed by atoms with Crippen LogP contribution < -0.4 is 5.32 Å². The van der Waals surface area contributed by atoms with Crippen molar-refractivity contribution in [1.29, 1.82) is 0 Å². The fraction of sp³-hybridized carbons (Fsp3) is 0.500. The standard InChI is InChI=1S/C14H20FN3O/c1-16-13-11(5-3-6-12(13)15)14(19)18-8-4-7-17(2)9-10-18/h3,5-6,16H,4,7-10H2,1-2H3. The van der Waals surface area contributed by atoms with Gasteiger partial charge in [0.1, 0.15) is 5.82 Å². The molecular formula is C14H20FN3O. The summed E-state index contributed by atoms with van der Waals surface area (Å²) in [6.07, 6.45) is 0.951. The van der Waals surface area contributed by atoms with Gasteiger partial charge in [0, 0.05) is 26.7 Å². The van der Waals surface area contributed by atoms with Gasteiger partial charge in [0.2, 0.25) is 0 Å². The van der Waals surface area contributed by atoms with Gasteiger partial charge in [-0.05, 0) is 32.1 Å². The number of para-hydroxylation sites is 1. The van der Waals surface area contributed by atoms with Crippen molar-refractivity contribution in [3.63, 3.8) is 0 Å². The molecule has 0 saturated carbocycles. The molecule has 1 aromatic rings. The number of hydrogen-bond acceptors (Lipinski definition) is 3. The third-order valence-electron chi connectivity index (χ3n) is 3.50. The predicted octanol–water partition coefficient (Wildman–Crippen LogP) is 1.65. The maximum Gasteiger partial charge on any atom is 0.256 e. The Bertz CT molecular complexity index is 464. The minimum Gasteiger partial charge on any atom is -0.385 e. The van der Waals surface area contributed by atoms with E-state index in [-0.39, 0.29) is 17.4 Å². The molecule has 1 aromatic carbocycles.